The number of fused-ring (bicyclic) bond motifs is 1. The second-order valence-corrected chi connectivity index (χ2v) is 10.4. The van der Waals surface area contributed by atoms with Crippen LogP contribution in [0.1, 0.15) is 39.9 Å². The van der Waals surface area contributed by atoms with Crippen molar-refractivity contribution in [2.24, 2.45) is 0 Å². The lowest BCUT2D eigenvalue weighted by Gasteiger charge is -2.47. The zero-order valence-corrected chi connectivity index (χ0v) is 21.1. The molecule has 3 heterocycles. The van der Waals surface area contributed by atoms with Crippen LogP contribution < -0.4 is 10.1 Å². The normalized spacial score (nSPS) is 23.9. The number of carbonyl (C=O) groups excluding carboxylic acids is 3. The Morgan fingerprint density at radius 1 is 1.08 bits per heavy atom. The first-order chi connectivity index (χ1) is 17.2. The molecule has 2 unspecified atom stereocenters. The molecule has 0 aliphatic carbocycles. The van der Waals surface area contributed by atoms with E-state index >= 15 is 0 Å². The largest absolute Gasteiger partial charge is 0.489 e. The van der Waals surface area contributed by atoms with Crippen molar-refractivity contribution in [3.05, 3.63) is 64.7 Å². The van der Waals surface area contributed by atoms with Crippen LogP contribution in [-0.2, 0) is 34.0 Å². The fourth-order valence-electron chi connectivity index (χ4n) is 5.19. The van der Waals surface area contributed by atoms with Crippen molar-refractivity contribution in [1.82, 2.24) is 15.1 Å². The molecule has 184 valence electrons. The van der Waals surface area contributed by atoms with Gasteiger partial charge in [0.05, 0.1) is 13.2 Å². The summed E-state index contributed by atoms with van der Waals surface area (Å²) in [6, 6.07) is 13.4. The first-order valence-corrected chi connectivity index (χ1v) is 12.6. The number of amides is 3. The number of hydrogen-bond donors (Lipinski definition) is 1. The molecule has 5 rings (SSSR count). The van der Waals surface area contributed by atoms with Crippen LogP contribution in [0.2, 0.25) is 0 Å². The number of morpholine rings is 1. The smallest absolute Gasteiger partial charge is 0.255 e. The monoisotopic (exact) mass is 485 g/mol. The van der Waals surface area contributed by atoms with E-state index in [9.17, 15) is 14.4 Å². The molecule has 0 spiro atoms. The molecule has 3 amide bonds. The molecule has 0 radical (unpaired) electrons. The first kappa shape index (κ1) is 24.7. The molecule has 2 aromatic carbocycles. The highest BCUT2D eigenvalue weighted by molar-refractivity contribution is 6.43. The van der Waals surface area contributed by atoms with Gasteiger partial charge >= 0.3 is 0 Å². The topological polar surface area (TPSA) is 88.2 Å². The SMILES string of the molecule is BC1OCCN(Cc2ccc(COc3cccc4c3CN(C3CCC(=O)NC3=O)C4=O)cc2)C1(B)B. The van der Waals surface area contributed by atoms with E-state index < -0.39 is 11.9 Å². The van der Waals surface area contributed by atoms with E-state index in [0.29, 0.717) is 30.9 Å². The second-order valence-electron chi connectivity index (χ2n) is 10.4. The second kappa shape index (κ2) is 9.79. The molecule has 2 fully saturated rings. The molecule has 3 aliphatic rings. The minimum atomic E-state index is -0.637. The Balaban J connectivity index is 1.23. The number of rotatable bonds is 6. The van der Waals surface area contributed by atoms with E-state index in [-0.39, 0.29) is 29.6 Å². The predicted molar refractivity (Wildman–Crippen MR) is 142 cm³/mol. The van der Waals surface area contributed by atoms with Gasteiger partial charge in [-0.1, -0.05) is 30.3 Å². The van der Waals surface area contributed by atoms with Gasteiger partial charge in [0.2, 0.25) is 11.8 Å². The summed E-state index contributed by atoms with van der Waals surface area (Å²) in [6.07, 6.45) is 0.575. The van der Waals surface area contributed by atoms with Gasteiger partial charge in [-0.25, -0.2) is 0 Å². The van der Waals surface area contributed by atoms with Gasteiger partial charge in [0.15, 0.2) is 0 Å². The predicted octanol–water partition coefficient (Wildman–Crippen LogP) is -1.26. The summed E-state index contributed by atoms with van der Waals surface area (Å²) in [4.78, 5) is 40.8. The number of carbonyl (C=O) groups is 3. The molecule has 2 aromatic rings. The Labute approximate surface area is 213 Å². The van der Waals surface area contributed by atoms with E-state index in [0.717, 1.165) is 30.8 Å². The fraction of sp³-hybridized carbons (Fsp3) is 0.400. The number of nitrogens with one attached hydrogen (secondary N) is 1. The van der Waals surface area contributed by atoms with Crippen LogP contribution in [0.25, 0.3) is 0 Å². The fourth-order valence-corrected chi connectivity index (χ4v) is 5.19. The number of benzene rings is 2. The third kappa shape index (κ3) is 4.69. The number of hydrogen-bond acceptors (Lipinski definition) is 6. The summed E-state index contributed by atoms with van der Waals surface area (Å²) in [7, 11) is 6.58. The van der Waals surface area contributed by atoms with Crippen LogP contribution in [0.4, 0.5) is 0 Å². The van der Waals surface area contributed by atoms with Crippen molar-refractivity contribution in [3.8, 4) is 5.75 Å². The van der Waals surface area contributed by atoms with Gasteiger partial charge in [-0.05, 0) is 35.0 Å². The van der Waals surface area contributed by atoms with Crippen molar-refractivity contribution >= 4 is 41.3 Å². The first-order valence-electron chi connectivity index (χ1n) is 12.6. The molecule has 2 atom stereocenters. The highest BCUT2D eigenvalue weighted by Crippen LogP contribution is 2.34. The minimum absolute atomic E-state index is 0.0210. The summed E-state index contributed by atoms with van der Waals surface area (Å²) >= 11 is 0. The summed E-state index contributed by atoms with van der Waals surface area (Å²) < 4.78 is 12.0. The van der Waals surface area contributed by atoms with Crippen LogP contribution >= 0.6 is 0 Å². The Morgan fingerprint density at radius 3 is 2.58 bits per heavy atom. The van der Waals surface area contributed by atoms with Crippen molar-refractivity contribution in [3.63, 3.8) is 0 Å². The van der Waals surface area contributed by atoms with Gasteiger partial charge in [0, 0.05) is 36.6 Å². The van der Waals surface area contributed by atoms with Crippen LogP contribution in [-0.4, -0.2) is 81.6 Å². The molecular formula is C25H30B3N3O5. The average molecular weight is 485 g/mol. The van der Waals surface area contributed by atoms with E-state index in [1.807, 2.05) is 6.07 Å². The molecule has 2 saturated heterocycles. The van der Waals surface area contributed by atoms with E-state index in [2.05, 4.69) is 58.0 Å². The molecule has 0 bridgehead atoms. The van der Waals surface area contributed by atoms with Crippen molar-refractivity contribution in [1.29, 1.82) is 0 Å². The van der Waals surface area contributed by atoms with Crippen LogP contribution in [0, 0.1) is 0 Å². The third-order valence-corrected chi connectivity index (χ3v) is 7.87. The molecular weight excluding hydrogens is 455 g/mol. The number of nitrogens with zero attached hydrogens (tertiary/aromatic N) is 2. The van der Waals surface area contributed by atoms with Crippen LogP contribution in [0.5, 0.6) is 5.75 Å². The Morgan fingerprint density at radius 2 is 1.83 bits per heavy atom. The highest BCUT2D eigenvalue weighted by atomic mass is 16.5. The maximum absolute atomic E-state index is 13.0. The summed E-state index contributed by atoms with van der Waals surface area (Å²) in [5.74, 6) is -0.262. The number of ether oxygens (including phenoxy) is 2. The molecule has 0 aromatic heterocycles. The Bertz CT molecular complexity index is 1190. The number of piperidine rings is 1. The Kier molecular flexibility index (Phi) is 6.70. The molecule has 8 nitrogen and oxygen atoms in total. The van der Waals surface area contributed by atoms with Gasteiger partial charge in [-0.15, -0.1) is 0 Å². The lowest BCUT2D eigenvalue weighted by molar-refractivity contribution is -0.136. The zero-order chi connectivity index (χ0) is 25.4. The zero-order valence-electron chi connectivity index (χ0n) is 21.1. The van der Waals surface area contributed by atoms with Crippen molar-refractivity contribution < 1.29 is 23.9 Å². The van der Waals surface area contributed by atoms with E-state index in [1.165, 1.54) is 5.56 Å². The third-order valence-electron chi connectivity index (χ3n) is 7.87. The standard InChI is InChI=1S/C25H30B3N3O5/c26-24-25(27,28)30(10-11-35-24)12-15-4-6-16(7-5-15)14-36-20-3-1-2-17-18(20)13-31(23(17)34)19-8-9-21(32)29-22(19)33/h1-7,19,24H,8-14,26-28H2,(H,29,32,33). The van der Waals surface area contributed by atoms with Gasteiger partial charge < -0.3 is 19.3 Å². The maximum atomic E-state index is 13.0. The summed E-state index contributed by atoms with van der Waals surface area (Å²) in [5.41, 5.74) is 3.62. The lowest BCUT2D eigenvalue weighted by Crippen LogP contribution is -2.63. The average Bonchev–Trinajstić information content (AvgIpc) is 3.18. The maximum Gasteiger partial charge on any atom is 0.255 e. The van der Waals surface area contributed by atoms with E-state index in [1.54, 1.807) is 17.0 Å². The Hall–Kier alpha value is -3.04. The van der Waals surface area contributed by atoms with Crippen LogP contribution in [0.15, 0.2) is 42.5 Å². The van der Waals surface area contributed by atoms with Crippen molar-refractivity contribution in [2.45, 2.75) is 49.9 Å². The van der Waals surface area contributed by atoms with Gasteiger partial charge in [-0.2, -0.15) is 0 Å². The van der Waals surface area contributed by atoms with Crippen LogP contribution in [0.3, 0.4) is 0 Å². The number of imide groups is 1. The molecule has 1 N–H and O–H groups in total. The van der Waals surface area contributed by atoms with Gasteiger partial charge in [0.25, 0.3) is 5.91 Å². The molecule has 3 aliphatic heterocycles. The van der Waals surface area contributed by atoms with Gasteiger partial charge in [-0.3, -0.25) is 19.7 Å². The van der Waals surface area contributed by atoms with Gasteiger partial charge in [0.1, 0.15) is 41.9 Å². The quantitative estimate of drug-likeness (QED) is 0.407. The summed E-state index contributed by atoms with van der Waals surface area (Å²) in [5, 5.41) is 2.32. The summed E-state index contributed by atoms with van der Waals surface area (Å²) in [6.45, 7) is 3.20. The molecule has 11 heteroatoms. The molecule has 36 heavy (non-hydrogen) atoms. The highest BCUT2D eigenvalue weighted by Gasteiger charge is 2.40. The molecule has 0 saturated carbocycles. The minimum Gasteiger partial charge on any atom is -0.489 e. The lowest BCUT2D eigenvalue weighted by atomic mass is 9.52. The van der Waals surface area contributed by atoms with E-state index in [4.69, 9.17) is 9.47 Å². The van der Waals surface area contributed by atoms with Crippen molar-refractivity contribution in [2.75, 3.05) is 13.2 Å².